The monoisotopic (exact) mass is 374 g/mol. The minimum absolute atomic E-state index is 0.200. The van der Waals surface area contributed by atoms with E-state index in [1.807, 2.05) is 30.3 Å². The molecular weight excluding hydrogens is 356 g/mol. The van der Waals surface area contributed by atoms with Crippen LogP contribution in [0.4, 0.5) is 0 Å². The predicted octanol–water partition coefficient (Wildman–Crippen LogP) is 4.21. The van der Waals surface area contributed by atoms with Crippen molar-refractivity contribution in [2.24, 2.45) is 4.99 Å². The molecule has 3 rings (SSSR count). The minimum Gasteiger partial charge on any atom is -0.267 e. The quantitative estimate of drug-likeness (QED) is 0.871. The maximum Gasteiger partial charge on any atom is 0.264 e. The number of halogens is 1. The minimum atomic E-state index is -3.61. The molecule has 0 aromatic heterocycles. The number of rotatable bonds is 4. The molecule has 1 aliphatic rings. The third kappa shape index (κ3) is 3.78. The molecule has 0 aliphatic carbocycles. The molecule has 2 aromatic rings. The Balaban J connectivity index is 1.89. The van der Waals surface area contributed by atoms with Crippen molar-refractivity contribution >= 4 is 32.4 Å². The van der Waals surface area contributed by atoms with Crippen molar-refractivity contribution in [1.82, 2.24) is 4.72 Å². The van der Waals surface area contributed by atoms with E-state index in [1.165, 1.54) is 5.56 Å². The van der Waals surface area contributed by atoms with E-state index >= 15 is 0 Å². The normalized spacial score (nSPS) is 19.1. The zero-order valence-electron chi connectivity index (χ0n) is 14.0. The second kappa shape index (κ2) is 7.02. The number of benzene rings is 2. The molecule has 1 aliphatic heterocycles. The average molecular weight is 375 g/mol. The van der Waals surface area contributed by atoms with Crippen molar-refractivity contribution in [1.29, 1.82) is 0 Å². The van der Waals surface area contributed by atoms with Crippen molar-refractivity contribution in [3.8, 4) is 0 Å². The van der Waals surface area contributed by atoms with Gasteiger partial charge in [0.25, 0.3) is 10.0 Å². The zero-order valence-corrected chi connectivity index (χ0v) is 15.6. The van der Waals surface area contributed by atoms with Gasteiger partial charge in [-0.05, 0) is 30.2 Å². The lowest BCUT2D eigenvalue weighted by molar-refractivity contribution is 0.603. The SMILES string of the molecule is CC1=C(c2ccc(Cl)cc2)S(=O)(=O)NC1=NC[C@H](C)c1ccccc1. The fourth-order valence-electron chi connectivity index (χ4n) is 2.80. The van der Waals surface area contributed by atoms with Crippen LogP contribution in [0.25, 0.3) is 4.91 Å². The van der Waals surface area contributed by atoms with E-state index < -0.39 is 10.0 Å². The summed E-state index contributed by atoms with van der Waals surface area (Å²) in [5.41, 5.74) is 2.41. The lowest BCUT2D eigenvalue weighted by atomic mass is 10.0. The molecule has 0 bridgehead atoms. The van der Waals surface area contributed by atoms with Crippen molar-refractivity contribution in [2.75, 3.05) is 6.54 Å². The van der Waals surface area contributed by atoms with Crippen LogP contribution < -0.4 is 4.72 Å². The number of hydrogen-bond donors (Lipinski definition) is 1. The van der Waals surface area contributed by atoms with E-state index in [2.05, 4.69) is 16.6 Å². The van der Waals surface area contributed by atoms with Gasteiger partial charge in [0.2, 0.25) is 0 Å². The van der Waals surface area contributed by atoms with Crippen LogP contribution in [0.15, 0.2) is 65.2 Å². The van der Waals surface area contributed by atoms with Crippen molar-refractivity contribution in [2.45, 2.75) is 19.8 Å². The van der Waals surface area contributed by atoms with Gasteiger partial charge in [0.15, 0.2) is 0 Å². The summed E-state index contributed by atoms with van der Waals surface area (Å²) in [6.07, 6.45) is 0. The van der Waals surface area contributed by atoms with Crippen LogP contribution in [0.3, 0.4) is 0 Å². The van der Waals surface area contributed by atoms with Crippen LogP contribution in [0.2, 0.25) is 5.02 Å². The predicted molar refractivity (Wildman–Crippen MR) is 103 cm³/mol. The fourth-order valence-corrected chi connectivity index (χ4v) is 4.45. The number of sulfonamides is 1. The molecule has 0 unspecified atom stereocenters. The van der Waals surface area contributed by atoms with Gasteiger partial charge in [0.05, 0.1) is 0 Å². The first kappa shape index (κ1) is 17.7. The van der Waals surface area contributed by atoms with Crippen molar-refractivity contribution in [3.63, 3.8) is 0 Å². The van der Waals surface area contributed by atoms with Crippen molar-refractivity contribution in [3.05, 3.63) is 76.3 Å². The van der Waals surface area contributed by atoms with E-state index in [-0.39, 0.29) is 10.8 Å². The van der Waals surface area contributed by atoms with Crippen LogP contribution >= 0.6 is 11.6 Å². The van der Waals surface area contributed by atoms with Gasteiger partial charge in [0, 0.05) is 23.1 Å². The fraction of sp³-hybridized carbons (Fsp3) is 0.211. The van der Waals surface area contributed by atoms with Crippen LogP contribution in [0.5, 0.6) is 0 Å². The first-order chi connectivity index (χ1) is 11.9. The standard InChI is InChI=1S/C19H19ClN2O2S/c1-13(15-6-4-3-5-7-15)12-21-19-14(2)18(25(23,24)22-19)16-8-10-17(20)11-9-16/h3-11,13H,12H2,1-2H3,(H,21,22)/t13-/m0/s1. The summed E-state index contributed by atoms with van der Waals surface area (Å²) in [5.74, 6) is 0.610. The molecule has 0 saturated heterocycles. The summed E-state index contributed by atoms with van der Waals surface area (Å²) in [5, 5.41) is 0.566. The van der Waals surface area contributed by atoms with E-state index in [0.29, 0.717) is 28.5 Å². The maximum atomic E-state index is 12.5. The molecular formula is C19H19ClN2O2S. The molecule has 0 fully saturated rings. The molecule has 130 valence electrons. The highest BCUT2D eigenvalue weighted by atomic mass is 35.5. The summed E-state index contributed by atoms with van der Waals surface area (Å²) in [6, 6.07) is 16.8. The largest absolute Gasteiger partial charge is 0.267 e. The number of hydrogen-bond acceptors (Lipinski definition) is 3. The van der Waals surface area contributed by atoms with E-state index in [4.69, 9.17) is 11.6 Å². The number of amidine groups is 1. The van der Waals surface area contributed by atoms with E-state index in [9.17, 15) is 8.42 Å². The van der Waals surface area contributed by atoms with Gasteiger partial charge in [-0.25, -0.2) is 8.42 Å². The Morgan fingerprint density at radius 3 is 2.36 bits per heavy atom. The molecule has 1 heterocycles. The highest BCUT2D eigenvalue weighted by Gasteiger charge is 2.32. The Hall–Kier alpha value is -2.11. The highest BCUT2D eigenvalue weighted by Crippen LogP contribution is 2.30. The number of nitrogens with one attached hydrogen (secondary N) is 1. The summed E-state index contributed by atoms with van der Waals surface area (Å²) in [4.78, 5) is 4.77. The Morgan fingerprint density at radius 1 is 1.08 bits per heavy atom. The molecule has 1 atom stereocenters. The van der Waals surface area contributed by atoms with Gasteiger partial charge in [-0.15, -0.1) is 0 Å². The Labute approximate surface area is 153 Å². The average Bonchev–Trinajstić information content (AvgIpc) is 2.83. The van der Waals surface area contributed by atoms with Gasteiger partial charge in [0.1, 0.15) is 10.7 Å². The molecule has 4 nitrogen and oxygen atoms in total. The second-order valence-corrected chi connectivity index (χ2v) is 8.12. The molecule has 0 amide bonds. The summed E-state index contributed by atoms with van der Waals surface area (Å²) >= 11 is 5.89. The topological polar surface area (TPSA) is 58.5 Å². The molecule has 6 heteroatoms. The molecule has 0 radical (unpaired) electrons. The lowest BCUT2D eigenvalue weighted by Gasteiger charge is -2.09. The summed E-state index contributed by atoms with van der Waals surface area (Å²) in [6.45, 7) is 4.35. The van der Waals surface area contributed by atoms with E-state index in [0.717, 1.165) is 0 Å². The van der Waals surface area contributed by atoms with E-state index in [1.54, 1.807) is 31.2 Å². The second-order valence-electron chi connectivity index (χ2n) is 6.07. The maximum absolute atomic E-state index is 12.5. The van der Waals surface area contributed by atoms with Crippen LogP contribution in [-0.2, 0) is 10.0 Å². The number of nitrogens with zero attached hydrogens (tertiary/aromatic N) is 1. The summed E-state index contributed by atoms with van der Waals surface area (Å²) < 4.78 is 27.6. The molecule has 0 spiro atoms. The van der Waals surface area contributed by atoms with Crippen LogP contribution in [-0.4, -0.2) is 20.8 Å². The smallest absolute Gasteiger partial charge is 0.264 e. The Kier molecular flexibility index (Phi) is 4.97. The number of aliphatic imine (C=N–C) groups is 1. The summed E-state index contributed by atoms with van der Waals surface area (Å²) in [7, 11) is -3.61. The lowest BCUT2D eigenvalue weighted by Crippen LogP contribution is -2.24. The Bertz CT molecular complexity index is 933. The van der Waals surface area contributed by atoms with Gasteiger partial charge >= 0.3 is 0 Å². The van der Waals surface area contributed by atoms with Gasteiger partial charge < -0.3 is 0 Å². The molecule has 0 saturated carbocycles. The van der Waals surface area contributed by atoms with Crippen LogP contribution in [0, 0.1) is 0 Å². The van der Waals surface area contributed by atoms with Gasteiger partial charge in [-0.2, -0.15) is 0 Å². The third-order valence-corrected chi connectivity index (χ3v) is 5.99. The van der Waals surface area contributed by atoms with Crippen molar-refractivity contribution < 1.29 is 8.42 Å². The zero-order chi connectivity index (χ0) is 18.0. The first-order valence-electron chi connectivity index (χ1n) is 7.98. The Morgan fingerprint density at radius 2 is 1.72 bits per heavy atom. The van der Waals surface area contributed by atoms with Crippen LogP contribution in [0.1, 0.15) is 30.9 Å². The molecule has 25 heavy (non-hydrogen) atoms. The molecule has 1 N–H and O–H groups in total. The first-order valence-corrected chi connectivity index (χ1v) is 9.84. The third-order valence-electron chi connectivity index (χ3n) is 4.19. The van der Waals surface area contributed by atoms with Gasteiger partial charge in [-0.1, -0.05) is 61.0 Å². The van der Waals surface area contributed by atoms with Gasteiger partial charge in [-0.3, -0.25) is 9.71 Å². The highest BCUT2D eigenvalue weighted by molar-refractivity contribution is 8.00. The molecule has 2 aromatic carbocycles.